The van der Waals surface area contributed by atoms with Crippen molar-refractivity contribution in [3.63, 3.8) is 0 Å². The summed E-state index contributed by atoms with van der Waals surface area (Å²) in [5.74, 6) is 1.15. The molecule has 0 bridgehead atoms. The van der Waals surface area contributed by atoms with Crippen LogP contribution >= 0.6 is 0 Å². The van der Waals surface area contributed by atoms with Crippen molar-refractivity contribution in [2.24, 2.45) is 0 Å². The summed E-state index contributed by atoms with van der Waals surface area (Å²) in [6, 6.07) is 7.43. The third kappa shape index (κ3) is 4.61. The van der Waals surface area contributed by atoms with E-state index >= 15 is 0 Å². The topological polar surface area (TPSA) is 76.2 Å². The third-order valence-electron chi connectivity index (χ3n) is 6.29. The van der Waals surface area contributed by atoms with E-state index in [1.165, 1.54) is 4.31 Å². The van der Waals surface area contributed by atoms with Crippen LogP contribution in [0.25, 0.3) is 0 Å². The quantitative estimate of drug-likeness (QED) is 0.662. The summed E-state index contributed by atoms with van der Waals surface area (Å²) in [6.07, 6.45) is 0.225. The van der Waals surface area contributed by atoms with Crippen LogP contribution in [0.1, 0.15) is 27.8 Å². The summed E-state index contributed by atoms with van der Waals surface area (Å²) in [5, 5.41) is 0. The van der Waals surface area contributed by atoms with Crippen LogP contribution in [-0.4, -0.2) is 63.9 Å². The molecule has 8 heteroatoms. The lowest BCUT2D eigenvalue weighted by atomic mass is 10.0. The van der Waals surface area contributed by atoms with E-state index in [2.05, 4.69) is 0 Å². The molecule has 174 valence electrons. The van der Waals surface area contributed by atoms with Crippen molar-refractivity contribution >= 4 is 15.9 Å². The minimum atomic E-state index is -3.63. The van der Waals surface area contributed by atoms with Crippen molar-refractivity contribution in [1.82, 2.24) is 9.21 Å². The molecule has 0 saturated carbocycles. The van der Waals surface area contributed by atoms with Crippen LogP contribution in [0.15, 0.2) is 29.2 Å². The standard InChI is InChI=1S/C24H32N2O5S/c1-16-13-17(2)19(4)24(18(16)3)32(28,29)26-11-9-25(10-12-26)23(27)15-20-7-8-21(30-5)22(14-20)31-6/h7-8,13-14H,9-12,15H2,1-6H3. The lowest BCUT2D eigenvalue weighted by Crippen LogP contribution is -2.51. The number of piperazine rings is 1. The first-order valence-corrected chi connectivity index (χ1v) is 12.1. The van der Waals surface area contributed by atoms with Gasteiger partial charge in [0.15, 0.2) is 11.5 Å². The SMILES string of the molecule is COc1ccc(CC(=O)N2CCN(S(=O)(=O)c3c(C)c(C)cc(C)c3C)CC2)cc1OC. The Labute approximate surface area is 191 Å². The van der Waals surface area contributed by atoms with Crippen molar-refractivity contribution in [3.8, 4) is 11.5 Å². The van der Waals surface area contributed by atoms with Crippen LogP contribution in [0.5, 0.6) is 11.5 Å². The van der Waals surface area contributed by atoms with Gasteiger partial charge in [0.2, 0.25) is 15.9 Å². The molecule has 2 aromatic rings. The van der Waals surface area contributed by atoms with Gasteiger partial charge in [-0.15, -0.1) is 0 Å². The molecule has 3 rings (SSSR count). The van der Waals surface area contributed by atoms with E-state index in [0.29, 0.717) is 29.5 Å². The largest absolute Gasteiger partial charge is 0.493 e. The van der Waals surface area contributed by atoms with Crippen molar-refractivity contribution in [3.05, 3.63) is 52.1 Å². The molecule has 0 radical (unpaired) electrons. The van der Waals surface area contributed by atoms with Gasteiger partial charge in [0.05, 0.1) is 25.5 Å². The number of nitrogens with zero attached hydrogens (tertiary/aromatic N) is 2. The maximum atomic E-state index is 13.4. The fourth-order valence-corrected chi connectivity index (χ4v) is 6.15. The lowest BCUT2D eigenvalue weighted by molar-refractivity contribution is -0.131. The van der Waals surface area contributed by atoms with Crippen molar-refractivity contribution < 1.29 is 22.7 Å². The second-order valence-corrected chi connectivity index (χ2v) is 10.1. The van der Waals surface area contributed by atoms with E-state index < -0.39 is 10.0 Å². The summed E-state index contributed by atoms with van der Waals surface area (Å²) < 4.78 is 38.9. The third-order valence-corrected chi connectivity index (χ3v) is 8.46. The molecular weight excluding hydrogens is 428 g/mol. The normalized spacial score (nSPS) is 15.0. The van der Waals surface area contributed by atoms with Gasteiger partial charge in [-0.3, -0.25) is 4.79 Å². The van der Waals surface area contributed by atoms with Crippen LogP contribution < -0.4 is 9.47 Å². The molecule has 1 aliphatic heterocycles. The van der Waals surface area contributed by atoms with E-state index in [1.807, 2.05) is 39.8 Å². The number of hydrogen-bond acceptors (Lipinski definition) is 5. The molecular formula is C24H32N2O5S. The smallest absolute Gasteiger partial charge is 0.243 e. The number of sulfonamides is 1. The number of ether oxygens (including phenoxy) is 2. The van der Waals surface area contributed by atoms with E-state index in [9.17, 15) is 13.2 Å². The van der Waals surface area contributed by atoms with Gasteiger partial charge < -0.3 is 14.4 Å². The molecule has 0 N–H and O–H groups in total. The molecule has 32 heavy (non-hydrogen) atoms. The predicted octanol–water partition coefficient (Wildman–Crippen LogP) is 3.01. The molecule has 1 amide bonds. The van der Waals surface area contributed by atoms with E-state index in [0.717, 1.165) is 27.8 Å². The highest BCUT2D eigenvalue weighted by molar-refractivity contribution is 7.89. The van der Waals surface area contributed by atoms with Gasteiger partial charge in [0, 0.05) is 26.2 Å². The number of rotatable bonds is 6. The number of methoxy groups -OCH3 is 2. The van der Waals surface area contributed by atoms with Gasteiger partial charge in [0.1, 0.15) is 0 Å². The van der Waals surface area contributed by atoms with E-state index in [1.54, 1.807) is 31.3 Å². The average molecular weight is 461 g/mol. The van der Waals surface area contributed by atoms with Crippen LogP contribution in [0.2, 0.25) is 0 Å². The second kappa shape index (κ2) is 9.50. The Morgan fingerprint density at radius 2 is 1.44 bits per heavy atom. The fraction of sp³-hybridized carbons (Fsp3) is 0.458. The Morgan fingerprint density at radius 3 is 1.97 bits per heavy atom. The second-order valence-electron chi connectivity index (χ2n) is 8.24. The summed E-state index contributed by atoms with van der Waals surface area (Å²) in [5.41, 5.74) is 4.34. The maximum Gasteiger partial charge on any atom is 0.243 e. The Bertz CT molecular complexity index is 1090. The number of carbonyl (C=O) groups excluding carboxylic acids is 1. The molecule has 1 heterocycles. The van der Waals surface area contributed by atoms with Gasteiger partial charge in [-0.2, -0.15) is 4.31 Å². The van der Waals surface area contributed by atoms with E-state index in [4.69, 9.17) is 9.47 Å². The Balaban J connectivity index is 1.71. The van der Waals surface area contributed by atoms with Crippen LogP contribution in [0, 0.1) is 27.7 Å². The van der Waals surface area contributed by atoms with Crippen molar-refractivity contribution in [1.29, 1.82) is 0 Å². The summed E-state index contributed by atoms with van der Waals surface area (Å²) in [4.78, 5) is 15.0. The van der Waals surface area contributed by atoms with Crippen LogP contribution in [-0.2, 0) is 21.2 Å². The van der Waals surface area contributed by atoms with Gasteiger partial charge in [-0.1, -0.05) is 12.1 Å². The van der Waals surface area contributed by atoms with Gasteiger partial charge >= 0.3 is 0 Å². The monoisotopic (exact) mass is 460 g/mol. The molecule has 0 unspecified atom stereocenters. The van der Waals surface area contributed by atoms with Crippen LogP contribution in [0.3, 0.4) is 0 Å². The molecule has 1 saturated heterocycles. The fourth-order valence-electron chi connectivity index (χ4n) is 4.15. The summed E-state index contributed by atoms with van der Waals surface area (Å²) >= 11 is 0. The van der Waals surface area contributed by atoms with Gasteiger partial charge in [-0.05, 0) is 67.6 Å². The zero-order valence-electron chi connectivity index (χ0n) is 19.7. The predicted molar refractivity (Wildman–Crippen MR) is 124 cm³/mol. The molecule has 1 fully saturated rings. The Morgan fingerprint density at radius 1 is 0.875 bits per heavy atom. The van der Waals surface area contributed by atoms with E-state index in [-0.39, 0.29) is 25.4 Å². The molecule has 0 aromatic heterocycles. The highest BCUT2D eigenvalue weighted by Gasteiger charge is 2.32. The first kappa shape index (κ1) is 24.1. The Hall–Kier alpha value is -2.58. The zero-order valence-corrected chi connectivity index (χ0v) is 20.5. The highest BCUT2D eigenvalue weighted by atomic mass is 32.2. The highest BCUT2D eigenvalue weighted by Crippen LogP contribution is 2.30. The number of amides is 1. The number of benzene rings is 2. The molecule has 0 aliphatic carbocycles. The number of aryl methyl sites for hydroxylation is 2. The lowest BCUT2D eigenvalue weighted by Gasteiger charge is -2.35. The average Bonchev–Trinajstić information content (AvgIpc) is 2.77. The molecule has 0 spiro atoms. The zero-order chi connectivity index (χ0) is 23.6. The Kier molecular flexibility index (Phi) is 7.15. The van der Waals surface area contributed by atoms with Gasteiger partial charge in [-0.25, -0.2) is 8.42 Å². The maximum absolute atomic E-state index is 13.4. The minimum absolute atomic E-state index is 0.0342. The van der Waals surface area contributed by atoms with Crippen LogP contribution in [0.4, 0.5) is 0 Å². The first-order chi connectivity index (χ1) is 15.1. The number of hydrogen-bond donors (Lipinski definition) is 0. The molecule has 0 atom stereocenters. The van der Waals surface area contributed by atoms with Crippen molar-refractivity contribution in [2.75, 3.05) is 40.4 Å². The van der Waals surface area contributed by atoms with Gasteiger partial charge in [0.25, 0.3) is 0 Å². The molecule has 2 aromatic carbocycles. The molecule has 1 aliphatic rings. The number of carbonyl (C=O) groups is 1. The summed E-state index contributed by atoms with van der Waals surface area (Å²) in [7, 11) is -0.504. The molecule has 7 nitrogen and oxygen atoms in total. The first-order valence-electron chi connectivity index (χ1n) is 10.7. The minimum Gasteiger partial charge on any atom is -0.493 e. The summed E-state index contributed by atoms with van der Waals surface area (Å²) in [6.45, 7) is 8.90. The van der Waals surface area contributed by atoms with Crippen molar-refractivity contribution in [2.45, 2.75) is 39.0 Å².